The predicted molar refractivity (Wildman–Crippen MR) is 51.9 cm³/mol. The van der Waals surface area contributed by atoms with Crippen LogP contribution in [0.5, 0.6) is 0 Å². The topological polar surface area (TPSA) is 61.7 Å². The minimum absolute atomic E-state index is 0.0341. The molecular formula is C10H19NO3. The molecule has 4 heteroatoms. The van der Waals surface area contributed by atoms with Crippen molar-refractivity contribution in [1.82, 2.24) is 5.32 Å². The fourth-order valence-corrected chi connectivity index (χ4v) is 2.15. The largest absolute Gasteiger partial charge is 0.392 e. The third kappa shape index (κ3) is 1.56. The number of hydrogen-bond donors (Lipinski definition) is 3. The maximum atomic E-state index is 9.55. The van der Waals surface area contributed by atoms with Crippen molar-refractivity contribution >= 4 is 0 Å². The van der Waals surface area contributed by atoms with Crippen LogP contribution in [0.4, 0.5) is 0 Å². The summed E-state index contributed by atoms with van der Waals surface area (Å²) in [6.07, 6.45) is 0.152. The smallest absolute Gasteiger partial charge is 0.0948 e. The van der Waals surface area contributed by atoms with E-state index in [2.05, 4.69) is 5.32 Å². The Morgan fingerprint density at radius 1 is 1.29 bits per heavy atom. The number of ether oxygens (including phenoxy) is 1. The van der Waals surface area contributed by atoms with E-state index < -0.39 is 6.10 Å². The molecule has 1 saturated carbocycles. The summed E-state index contributed by atoms with van der Waals surface area (Å²) >= 11 is 0. The van der Waals surface area contributed by atoms with Gasteiger partial charge >= 0.3 is 0 Å². The molecule has 0 amide bonds. The van der Waals surface area contributed by atoms with Gasteiger partial charge in [-0.3, -0.25) is 0 Å². The van der Waals surface area contributed by atoms with Gasteiger partial charge in [0.15, 0.2) is 0 Å². The molecule has 2 aliphatic rings. The molecule has 4 nitrogen and oxygen atoms in total. The normalized spacial score (nSPS) is 46.3. The van der Waals surface area contributed by atoms with Crippen LogP contribution >= 0.6 is 0 Å². The molecule has 1 aliphatic carbocycles. The van der Waals surface area contributed by atoms with Crippen LogP contribution in [-0.2, 0) is 4.74 Å². The molecule has 0 aromatic carbocycles. The van der Waals surface area contributed by atoms with E-state index in [-0.39, 0.29) is 17.6 Å². The summed E-state index contributed by atoms with van der Waals surface area (Å²) in [7, 11) is 0. The van der Waals surface area contributed by atoms with Crippen molar-refractivity contribution in [2.75, 3.05) is 13.2 Å². The van der Waals surface area contributed by atoms with Crippen LogP contribution in [0.15, 0.2) is 0 Å². The summed E-state index contributed by atoms with van der Waals surface area (Å²) < 4.78 is 5.16. The van der Waals surface area contributed by atoms with E-state index in [1.165, 1.54) is 0 Å². The summed E-state index contributed by atoms with van der Waals surface area (Å²) in [4.78, 5) is 0. The zero-order chi connectivity index (χ0) is 10.3. The van der Waals surface area contributed by atoms with Gasteiger partial charge in [-0.15, -0.1) is 0 Å². The number of nitrogens with one attached hydrogen (secondary N) is 1. The average Bonchev–Trinajstić information content (AvgIpc) is 2.51. The van der Waals surface area contributed by atoms with Crippen molar-refractivity contribution in [3.63, 3.8) is 0 Å². The maximum Gasteiger partial charge on any atom is 0.0948 e. The van der Waals surface area contributed by atoms with Gasteiger partial charge in [-0.25, -0.2) is 0 Å². The zero-order valence-electron chi connectivity index (χ0n) is 8.73. The molecule has 3 N–H and O–H groups in total. The average molecular weight is 201 g/mol. The Morgan fingerprint density at radius 2 is 2.00 bits per heavy atom. The number of hydrogen-bond acceptors (Lipinski definition) is 4. The van der Waals surface area contributed by atoms with Crippen molar-refractivity contribution in [3.05, 3.63) is 0 Å². The third-order valence-corrected chi connectivity index (χ3v) is 3.68. The first-order chi connectivity index (χ1) is 6.51. The van der Waals surface area contributed by atoms with E-state index in [0.29, 0.717) is 19.3 Å². The highest BCUT2D eigenvalue weighted by Gasteiger charge is 2.48. The minimum Gasteiger partial charge on any atom is -0.392 e. The van der Waals surface area contributed by atoms with E-state index in [4.69, 9.17) is 4.74 Å². The van der Waals surface area contributed by atoms with Gasteiger partial charge in [0.1, 0.15) is 0 Å². The summed E-state index contributed by atoms with van der Waals surface area (Å²) in [5.74, 6) is 0. The van der Waals surface area contributed by atoms with E-state index in [1.807, 2.05) is 13.8 Å². The molecule has 1 heterocycles. The Hall–Kier alpha value is -0.160. The molecule has 82 valence electrons. The summed E-state index contributed by atoms with van der Waals surface area (Å²) in [6.45, 7) is 5.08. The van der Waals surface area contributed by atoms with Gasteiger partial charge in [0.05, 0.1) is 31.5 Å². The molecule has 1 saturated heterocycles. The number of aliphatic hydroxyl groups is 2. The van der Waals surface area contributed by atoms with Crippen molar-refractivity contribution in [2.45, 2.75) is 44.6 Å². The maximum absolute atomic E-state index is 9.55. The SMILES string of the molecule is CC1(C)C(O)CC1N[C@@H]1COC[C@H]1O. The molecule has 2 unspecified atom stereocenters. The number of rotatable bonds is 2. The van der Waals surface area contributed by atoms with Gasteiger partial charge in [-0.05, 0) is 6.42 Å². The lowest BCUT2D eigenvalue weighted by Gasteiger charge is -2.50. The van der Waals surface area contributed by atoms with Crippen LogP contribution in [0, 0.1) is 5.41 Å². The Morgan fingerprint density at radius 3 is 2.43 bits per heavy atom. The van der Waals surface area contributed by atoms with Crippen LogP contribution in [0.25, 0.3) is 0 Å². The lowest BCUT2D eigenvalue weighted by molar-refractivity contribution is -0.0788. The van der Waals surface area contributed by atoms with Gasteiger partial charge in [-0.1, -0.05) is 13.8 Å². The second-order valence-electron chi connectivity index (χ2n) is 5.00. The van der Waals surface area contributed by atoms with Crippen LogP contribution in [0.3, 0.4) is 0 Å². The molecule has 2 rings (SSSR count). The standard InChI is InChI=1S/C10H19NO3/c1-10(2)8(3-9(10)13)11-6-4-14-5-7(6)12/h6-9,11-13H,3-5H2,1-2H3/t6-,7-,8?,9?/m1/s1. The van der Waals surface area contributed by atoms with E-state index in [9.17, 15) is 10.2 Å². The van der Waals surface area contributed by atoms with E-state index in [1.54, 1.807) is 0 Å². The molecule has 0 radical (unpaired) electrons. The molecule has 2 fully saturated rings. The van der Waals surface area contributed by atoms with E-state index >= 15 is 0 Å². The summed E-state index contributed by atoms with van der Waals surface area (Å²) in [6, 6.07) is 0.325. The Balaban J connectivity index is 1.87. The van der Waals surface area contributed by atoms with Gasteiger partial charge in [-0.2, -0.15) is 0 Å². The predicted octanol–water partition coefficient (Wildman–Crippen LogP) is -0.505. The van der Waals surface area contributed by atoms with Crippen molar-refractivity contribution in [3.8, 4) is 0 Å². The Bertz CT molecular complexity index is 219. The Labute approximate surface area is 84.3 Å². The molecule has 4 atom stereocenters. The van der Waals surface area contributed by atoms with Gasteiger partial charge < -0.3 is 20.3 Å². The summed E-state index contributed by atoms with van der Waals surface area (Å²) in [5, 5.41) is 22.4. The molecule has 0 aromatic heterocycles. The first kappa shape index (κ1) is 10.4. The van der Waals surface area contributed by atoms with Gasteiger partial charge in [0, 0.05) is 11.5 Å². The highest BCUT2D eigenvalue weighted by molar-refractivity contribution is 5.03. The number of aliphatic hydroxyl groups excluding tert-OH is 2. The fourth-order valence-electron chi connectivity index (χ4n) is 2.15. The minimum atomic E-state index is -0.399. The highest BCUT2D eigenvalue weighted by atomic mass is 16.5. The van der Waals surface area contributed by atoms with Crippen LogP contribution < -0.4 is 5.32 Å². The fraction of sp³-hybridized carbons (Fsp3) is 1.00. The molecule has 0 spiro atoms. The van der Waals surface area contributed by atoms with Crippen molar-refractivity contribution in [1.29, 1.82) is 0 Å². The van der Waals surface area contributed by atoms with Crippen LogP contribution in [0.2, 0.25) is 0 Å². The van der Waals surface area contributed by atoms with Crippen molar-refractivity contribution < 1.29 is 14.9 Å². The molecular weight excluding hydrogens is 182 g/mol. The molecule has 1 aliphatic heterocycles. The second kappa shape index (κ2) is 3.45. The van der Waals surface area contributed by atoms with E-state index in [0.717, 1.165) is 6.42 Å². The summed E-state index contributed by atoms with van der Waals surface area (Å²) in [5.41, 5.74) is -0.0810. The second-order valence-corrected chi connectivity index (χ2v) is 5.00. The van der Waals surface area contributed by atoms with Gasteiger partial charge in [0.25, 0.3) is 0 Å². The van der Waals surface area contributed by atoms with Crippen molar-refractivity contribution in [2.24, 2.45) is 5.41 Å². The van der Waals surface area contributed by atoms with Crippen LogP contribution in [0.1, 0.15) is 20.3 Å². The molecule has 14 heavy (non-hydrogen) atoms. The first-order valence-corrected chi connectivity index (χ1v) is 5.21. The molecule has 0 bridgehead atoms. The third-order valence-electron chi connectivity index (χ3n) is 3.68. The highest BCUT2D eigenvalue weighted by Crippen LogP contribution is 2.40. The van der Waals surface area contributed by atoms with Crippen LogP contribution in [-0.4, -0.2) is 47.7 Å². The molecule has 0 aromatic rings. The lowest BCUT2D eigenvalue weighted by atomic mass is 9.64. The van der Waals surface area contributed by atoms with Gasteiger partial charge in [0.2, 0.25) is 0 Å². The first-order valence-electron chi connectivity index (χ1n) is 5.21. The monoisotopic (exact) mass is 201 g/mol. The lowest BCUT2D eigenvalue weighted by Crippen LogP contribution is -2.63. The Kier molecular flexibility index (Phi) is 2.55. The zero-order valence-corrected chi connectivity index (χ0v) is 8.73. The quantitative estimate of drug-likeness (QED) is 0.563.